The van der Waals surface area contributed by atoms with Crippen LogP contribution in [0.2, 0.25) is 5.02 Å². The quantitative estimate of drug-likeness (QED) is 0.483. The van der Waals surface area contributed by atoms with Crippen LogP contribution in [0.3, 0.4) is 0 Å². The zero-order valence-corrected chi connectivity index (χ0v) is 14.6. The molecule has 132 valence electrons. The zero-order valence-electron chi connectivity index (χ0n) is 13.8. The maximum atomic E-state index is 11.0. The summed E-state index contributed by atoms with van der Waals surface area (Å²) < 4.78 is 0. The first kappa shape index (κ1) is 17.9. The van der Waals surface area contributed by atoms with Crippen LogP contribution in [0.1, 0.15) is 35.6 Å². The van der Waals surface area contributed by atoms with E-state index in [1.807, 2.05) is 18.2 Å². The van der Waals surface area contributed by atoms with Crippen LogP contribution in [-0.2, 0) is 12.8 Å². The van der Waals surface area contributed by atoms with E-state index in [1.165, 1.54) is 5.56 Å². The Bertz CT molecular complexity index is 766. The fourth-order valence-electron chi connectivity index (χ4n) is 3.35. The van der Waals surface area contributed by atoms with Crippen LogP contribution in [0, 0.1) is 10.1 Å². The van der Waals surface area contributed by atoms with Crippen LogP contribution >= 0.6 is 11.6 Å². The molecule has 0 spiro atoms. The van der Waals surface area contributed by atoms with Crippen molar-refractivity contribution in [3.05, 3.63) is 74.3 Å². The van der Waals surface area contributed by atoms with Gasteiger partial charge >= 0.3 is 0 Å². The van der Waals surface area contributed by atoms with Crippen molar-refractivity contribution in [1.82, 2.24) is 5.32 Å². The summed E-state index contributed by atoms with van der Waals surface area (Å²) in [6.07, 6.45) is 3.04. The molecule has 1 aliphatic rings. The van der Waals surface area contributed by atoms with Gasteiger partial charge in [-0.25, -0.2) is 0 Å². The molecular weight excluding hydrogens is 340 g/mol. The number of aryl methyl sites for hydroxylation is 1. The van der Waals surface area contributed by atoms with E-state index in [2.05, 4.69) is 5.32 Å². The second-order valence-corrected chi connectivity index (χ2v) is 6.92. The van der Waals surface area contributed by atoms with Crippen LogP contribution in [0.4, 0.5) is 5.69 Å². The van der Waals surface area contributed by atoms with Gasteiger partial charge < -0.3 is 10.4 Å². The molecule has 0 saturated carbocycles. The summed E-state index contributed by atoms with van der Waals surface area (Å²) in [6, 6.07) is 12.5. The minimum Gasteiger partial charge on any atom is -0.387 e. The van der Waals surface area contributed by atoms with E-state index in [1.54, 1.807) is 24.3 Å². The van der Waals surface area contributed by atoms with E-state index in [-0.39, 0.29) is 16.7 Å². The molecule has 25 heavy (non-hydrogen) atoms. The third-order valence-corrected chi connectivity index (χ3v) is 4.93. The second-order valence-electron chi connectivity index (χ2n) is 6.48. The summed E-state index contributed by atoms with van der Waals surface area (Å²) in [4.78, 5) is 10.6. The number of nitro benzene ring substituents is 1. The van der Waals surface area contributed by atoms with E-state index < -0.39 is 6.10 Å². The number of hydrogen-bond acceptors (Lipinski definition) is 4. The lowest BCUT2D eigenvalue weighted by molar-refractivity contribution is -0.384. The second kappa shape index (κ2) is 7.95. The van der Waals surface area contributed by atoms with Crippen molar-refractivity contribution in [2.75, 3.05) is 6.54 Å². The number of nitrogens with zero attached hydrogens (tertiary/aromatic N) is 1. The Balaban J connectivity index is 1.65. The average molecular weight is 361 g/mol. The van der Waals surface area contributed by atoms with Crippen LogP contribution in [-0.4, -0.2) is 22.6 Å². The largest absolute Gasteiger partial charge is 0.387 e. The molecule has 2 N–H and O–H groups in total. The van der Waals surface area contributed by atoms with E-state index >= 15 is 0 Å². The summed E-state index contributed by atoms with van der Waals surface area (Å²) in [7, 11) is 0. The Morgan fingerprint density at radius 1 is 1.28 bits per heavy atom. The molecular formula is C19H21ClN2O3. The molecule has 0 amide bonds. The number of aliphatic hydroxyl groups is 1. The number of fused-ring (bicyclic) bond motifs is 1. The van der Waals surface area contributed by atoms with Gasteiger partial charge in [0.1, 0.15) is 0 Å². The SMILES string of the molecule is O=[N+]([O-])c1ccc2c(c1)CC(NCC(O)c1cccc(Cl)c1)CCC2. The third kappa shape index (κ3) is 4.57. The van der Waals surface area contributed by atoms with Crippen molar-refractivity contribution in [3.63, 3.8) is 0 Å². The fraction of sp³-hybridized carbons (Fsp3) is 0.368. The normalized spacial score (nSPS) is 18.2. The molecule has 5 nitrogen and oxygen atoms in total. The molecule has 0 fully saturated rings. The highest BCUT2D eigenvalue weighted by Gasteiger charge is 2.20. The number of nitro groups is 1. The van der Waals surface area contributed by atoms with Crippen molar-refractivity contribution in [2.24, 2.45) is 0 Å². The van der Waals surface area contributed by atoms with Gasteiger partial charge in [-0.2, -0.15) is 0 Å². The number of halogens is 1. The molecule has 0 radical (unpaired) electrons. The van der Waals surface area contributed by atoms with Gasteiger partial charge in [-0.3, -0.25) is 10.1 Å². The maximum absolute atomic E-state index is 11.0. The Hall–Kier alpha value is -1.95. The minimum absolute atomic E-state index is 0.137. The number of hydrogen-bond donors (Lipinski definition) is 2. The molecule has 0 bridgehead atoms. The predicted octanol–water partition coefficient (Wildman–Crippen LogP) is 3.82. The van der Waals surface area contributed by atoms with Crippen LogP contribution in [0.15, 0.2) is 42.5 Å². The van der Waals surface area contributed by atoms with Crippen LogP contribution < -0.4 is 5.32 Å². The van der Waals surface area contributed by atoms with E-state index in [0.717, 1.165) is 36.8 Å². The summed E-state index contributed by atoms with van der Waals surface area (Å²) in [5.74, 6) is 0. The van der Waals surface area contributed by atoms with Gasteiger partial charge in [0.2, 0.25) is 0 Å². The average Bonchev–Trinajstić information content (AvgIpc) is 2.80. The van der Waals surface area contributed by atoms with Gasteiger partial charge in [0.25, 0.3) is 5.69 Å². The molecule has 0 heterocycles. The summed E-state index contributed by atoms with van der Waals surface area (Å²) >= 11 is 5.97. The van der Waals surface area contributed by atoms with Crippen molar-refractivity contribution in [2.45, 2.75) is 37.8 Å². The van der Waals surface area contributed by atoms with Crippen LogP contribution in [0.5, 0.6) is 0 Å². The van der Waals surface area contributed by atoms with Gasteiger partial charge in [0, 0.05) is 29.7 Å². The molecule has 2 atom stereocenters. The third-order valence-electron chi connectivity index (χ3n) is 4.70. The first-order valence-corrected chi connectivity index (χ1v) is 8.84. The molecule has 2 aromatic rings. The Morgan fingerprint density at radius 2 is 2.12 bits per heavy atom. The number of aliphatic hydroxyl groups excluding tert-OH is 1. The first-order valence-electron chi connectivity index (χ1n) is 8.46. The molecule has 6 heteroatoms. The highest BCUT2D eigenvalue weighted by molar-refractivity contribution is 6.30. The summed E-state index contributed by atoms with van der Waals surface area (Å²) in [5, 5.41) is 25.4. The summed E-state index contributed by atoms with van der Waals surface area (Å²) in [6.45, 7) is 0.426. The van der Waals surface area contributed by atoms with Crippen molar-refractivity contribution in [1.29, 1.82) is 0 Å². The maximum Gasteiger partial charge on any atom is 0.269 e. The molecule has 0 aromatic heterocycles. The van der Waals surface area contributed by atoms with Gasteiger partial charge in [0.05, 0.1) is 11.0 Å². The van der Waals surface area contributed by atoms with Crippen molar-refractivity contribution < 1.29 is 10.0 Å². The molecule has 2 aromatic carbocycles. The van der Waals surface area contributed by atoms with Crippen LogP contribution in [0.25, 0.3) is 0 Å². The highest BCUT2D eigenvalue weighted by atomic mass is 35.5. The predicted molar refractivity (Wildman–Crippen MR) is 97.9 cm³/mol. The first-order chi connectivity index (χ1) is 12.0. The van der Waals surface area contributed by atoms with Crippen molar-refractivity contribution >= 4 is 17.3 Å². The number of non-ortho nitro benzene ring substituents is 1. The number of rotatable bonds is 5. The fourth-order valence-corrected chi connectivity index (χ4v) is 3.55. The Kier molecular flexibility index (Phi) is 5.68. The highest BCUT2D eigenvalue weighted by Crippen LogP contribution is 2.25. The Morgan fingerprint density at radius 3 is 2.88 bits per heavy atom. The van der Waals surface area contributed by atoms with Gasteiger partial charge in [-0.15, -0.1) is 0 Å². The summed E-state index contributed by atoms with van der Waals surface area (Å²) in [5.41, 5.74) is 3.13. The molecule has 1 aliphatic carbocycles. The zero-order chi connectivity index (χ0) is 17.8. The lowest BCUT2D eigenvalue weighted by atomic mass is 10.0. The van der Waals surface area contributed by atoms with Gasteiger partial charge in [-0.1, -0.05) is 29.8 Å². The smallest absolute Gasteiger partial charge is 0.269 e. The monoisotopic (exact) mass is 360 g/mol. The standard InChI is InChI=1S/C19H21ClN2O3/c20-16-5-1-4-14(9-16)19(23)12-21-17-6-2-3-13-7-8-18(22(24)25)11-15(13)10-17/h1,4-5,7-9,11,17,19,21,23H,2-3,6,10,12H2. The Labute approximate surface area is 151 Å². The minimum atomic E-state index is -0.633. The molecule has 0 saturated heterocycles. The van der Waals surface area contributed by atoms with Gasteiger partial charge in [-0.05, 0) is 54.5 Å². The van der Waals surface area contributed by atoms with E-state index in [0.29, 0.717) is 11.6 Å². The molecule has 2 unspecified atom stereocenters. The lowest BCUT2D eigenvalue weighted by Gasteiger charge is -2.20. The van der Waals surface area contributed by atoms with Gasteiger partial charge in [0.15, 0.2) is 0 Å². The topological polar surface area (TPSA) is 75.4 Å². The molecule has 3 rings (SSSR count). The lowest BCUT2D eigenvalue weighted by Crippen LogP contribution is -2.34. The number of benzene rings is 2. The molecule has 0 aliphatic heterocycles. The van der Waals surface area contributed by atoms with E-state index in [4.69, 9.17) is 11.6 Å². The van der Waals surface area contributed by atoms with Crippen molar-refractivity contribution in [3.8, 4) is 0 Å². The van der Waals surface area contributed by atoms with E-state index in [9.17, 15) is 15.2 Å². The number of nitrogens with one attached hydrogen (secondary N) is 1.